The molecular weight excluding hydrogens is 226 g/mol. The second-order valence-electron chi connectivity index (χ2n) is 4.52. The molecule has 0 radical (unpaired) electrons. The highest BCUT2D eigenvalue weighted by atomic mass is 19.1. The largest absolute Gasteiger partial charge is 0.352 e. The Balaban J connectivity index is 1.85. The Kier molecular flexibility index (Phi) is 4.07. The molecule has 2 nitrogen and oxygen atoms in total. The van der Waals surface area contributed by atoms with Crippen LogP contribution in [0.4, 0.5) is 8.78 Å². The average molecular weight is 242 g/mol. The normalized spacial score (nSPS) is 24.9. The molecule has 94 valence electrons. The Morgan fingerprint density at radius 1 is 1.12 bits per heavy atom. The van der Waals surface area contributed by atoms with Crippen LogP contribution in [0.5, 0.6) is 0 Å². The number of rotatable bonds is 3. The van der Waals surface area contributed by atoms with Crippen LogP contribution in [0.15, 0.2) is 18.2 Å². The van der Waals surface area contributed by atoms with Gasteiger partial charge in [0.1, 0.15) is 11.6 Å². The summed E-state index contributed by atoms with van der Waals surface area (Å²) in [6, 6.07) is 3.56. The topological polar surface area (TPSA) is 18.5 Å². The highest BCUT2D eigenvalue weighted by molar-refractivity contribution is 5.17. The lowest BCUT2D eigenvalue weighted by Gasteiger charge is -2.27. The number of benzene rings is 1. The molecule has 1 aromatic carbocycles. The number of aryl methyl sites for hydroxylation is 1. The number of hydrogen-bond donors (Lipinski definition) is 0. The van der Waals surface area contributed by atoms with E-state index in [1.165, 1.54) is 12.1 Å². The van der Waals surface area contributed by atoms with Gasteiger partial charge in [-0.3, -0.25) is 0 Å². The molecule has 4 heteroatoms. The Morgan fingerprint density at radius 3 is 2.29 bits per heavy atom. The van der Waals surface area contributed by atoms with E-state index in [4.69, 9.17) is 9.47 Å². The molecule has 0 saturated carbocycles. The Hall–Kier alpha value is -1.00. The van der Waals surface area contributed by atoms with Crippen molar-refractivity contribution in [3.05, 3.63) is 35.4 Å². The van der Waals surface area contributed by atoms with Gasteiger partial charge in [-0.1, -0.05) is 6.92 Å². The molecular formula is C13H16F2O2. The summed E-state index contributed by atoms with van der Waals surface area (Å²) in [5.41, 5.74) is 0.633. The van der Waals surface area contributed by atoms with Gasteiger partial charge in [-0.25, -0.2) is 8.78 Å². The lowest BCUT2D eigenvalue weighted by atomic mass is 10.1. The van der Waals surface area contributed by atoms with Crippen LogP contribution in [0.25, 0.3) is 0 Å². The first-order valence-electron chi connectivity index (χ1n) is 5.81. The summed E-state index contributed by atoms with van der Waals surface area (Å²) < 4.78 is 36.8. The van der Waals surface area contributed by atoms with Crippen molar-refractivity contribution in [3.63, 3.8) is 0 Å². The Morgan fingerprint density at radius 2 is 1.71 bits per heavy atom. The zero-order chi connectivity index (χ0) is 12.3. The van der Waals surface area contributed by atoms with Crippen LogP contribution < -0.4 is 0 Å². The van der Waals surface area contributed by atoms with E-state index in [1.54, 1.807) is 0 Å². The third-order valence-corrected chi connectivity index (χ3v) is 2.72. The van der Waals surface area contributed by atoms with Crippen LogP contribution in [-0.4, -0.2) is 19.5 Å². The molecule has 1 heterocycles. The molecule has 17 heavy (non-hydrogen) atoms. The van der Waals surface area contributed by atoms with Gasteiger partial charge in [-0.2, -0.15) is 0 Å². The molecule has 0 amide bonds. The van der Waals surface area contributed by atoms with E-state index in [-0.39, 0.29) is 6.29 Å². The molecule has 1 aliphatic heterocycles. The van der Waals surface area contributed by atoms with Gasteiger partial charge in [0.25, 0.3) is 0 Å². The molecule has 1 aliphatic rings. The van der Waals surface area contributed by atoms with E-state index in [1.807, 2.05) is 0 Å². The number of halogens is 2. The quantitative estimate of drug-likeness (QED) is 0.811. The molecule has 1 saturated heterocycles. The lowest BCUT2D eigenvalue weighted by Crippen LogP contribution is -2.30. The van der Waals surface area contributed by atoms with Crippen molar-refractivity contribution in [3.8, 4) is 0 Å². The monoisotopic (exact) mass is 242 g/mol. The first-order chi connectivity index (χ1) is 8.13. The fourth-order valence-electron chi connectivity index (χ4n) is 1.85. The molecule has 0 N–H and O–H groups in total. The molecule has 1 aromatic rings. The summed E-state index contributed by atoms with van der Waals surface area (Å²) >= 11 is 0. The van der Waals surface area contributed by atoms with E-state index in [2.05, 4.69) is 6.92 Å². The summed E-state index contributed by atoms with van der Waals surface area (Å²) in [7, 11) is 0. The highest BCUT2D eigenvalue weighted by Crippen LogP contribution is 2.16. The van der Waals surface area contributed by atoms with E-state index in [0.717, 1.165) is 6.07 Å². The molecule has 2 rings (SSSR count). The standard InChI is InChI=1S/C13H16F2O2/c1-9-7-16-13(17-8-9)3-2-10-4-11(14)6-12(15)5-10/h4-6,9,13H,2-3,7-8H2,1H3. The summed E-state index contributed by atoms with van der Waals surface area (Å²) in [4.78, 5) is 0. The Bertz CT molecular complexity index is 353. The van der Waals surface area contributed by atoms with Crippen molar-refractivity contribution in [2.45, 2.75) is 26.1 Å². The van der Waals surface area contributed by atoms with Gasteiger partial charge in [0.05, 0.1) is 13.2 Å². The van der Waals surface area contributed by atoms with Crippen LogP contribution in [0.1, 0.15) is 18.9 Å². The van der Waals surface area contributed by atoms with Gasteiger partial charge < -0.3 is 9.47 Å². The van der Waals surface area contributed by atoms with Gasteiger partial charge in [-0.15, -0.1) is 0 Å². The van der Waals surface area contributed by atoms with E-state index < -0.39 is 11.6 Å². The average Bonchev–Trinajstić information content (AvgIpc) is 2.27. The minimum atomic E-state index is -0.542. The second kappa shape index (κ2) is 5.56. The van der Waals surface area contributed by atoms with Gasteiger partial charge in [0.15, 0.2) is 6.29 Å². The zero-order valence-electron chi connectivity index (χ0n) is 9.79. The van der Waals surface area contributed by atoms with Gasteiger partial charge in [-0.05, 0) is 24.1 Å². The molecule has 0 unspecified atom stereocenters. The fraction of sp³-hybridized carbons (Fsp3) is 0.538. The molecule has 0 aliphatic carbocycles. The van der Waals surface area contributed by atoms with Crippen LogP contribution in [0.3, 0.4) is 0 Å². The van der Waals surface area contributed by atoms with Crippen LogP contribution in [-0.2, 0) is 15.9 Å². The van der Waals surface area contributed by atoms with E-state index >= 15 is 0 Å². The maximum absolute atomic E-state index is 12.9. The van der Waals surface area contributed by atoms with Crippen molar-refractivity contribution in [2.24, 2.45) is 5.92 Å². The van der Waals surface area contributed by atoms with Gasteiger partial charge in [0, 0.05) is 18.4 Å². The third-order valence-electron chi connectivity index (χ3n) is 2.72. The maximum Gasteiger partial charge on any atom is 0.157 e. The summed E-state index contributed by atoms with van der Waals surface area (Å²) in [6.45, 7) is 3.42. The first kappa shape index (κ1) is 12.5. The lowest BCUT2D eigenvalue weighted by molar-refractivity contribution is -0.199. The van der Waals surface area contributed by atoms with Crippen molar-refractivity contribution < 1.29 is 18.3 Å². The van der Waals surface area contributed by atoms with Crippen LogP contribution >= 0.6 is 0 Å². The van der Waals surface area contributed by atoms with Crippen molar-refractivity contribution in [1.82, 2.24) is 0 Å². The van der Waals surface area contributed by atoms with Gasteiger partial charge in [0.2, 0.25) is 0 Å². The summed E-state index contributed by atoms with van der Waals surface area (Å²) in [5.74, 6) is -0.670. The predicted octanol–water partition coefficient (Wildman–Crippen LogP) is 2.91. The fourth-order valence-corrected chi connectivity index (χ4v) is 1.85. The minimum absolute atomic E-state index is 0.252. The second-order valence-corrected chi connectivity index (χ2v) is 4.52. The summed E-state index contributed by atoms with van der Waals surface area (Å²) in [6.07, 6.45) is 0.918. The van der Waals surface area contributed by atoms with Crippen LogP contribution in [0, 0.1) is 17.6 Å². The van der Waals surface area contributed by atoms with Crippen molar-refractivity contribution >= 4 is 0 Å². The van der Waals surface area contributed by atoms with Gasteiger partial charge >= 0.3 is 0 Å². The summed E-state index contributed by atoms with van der Waals surface area (Å²) in [5, 5.41) is 0. The van der Waals surface area contributed by atoms with E-state index in [0.29, 0.717) is 37.5 Å². The molecule has 0 aromatic heterocycles. The third kappa shape index (κ3) is 3.75. The van der Waals surface area contributed by atoms with Crippen molar-refractivity contribution in [2.75, 3.05) is 13.2 Å². The minimum Gasteiger partial charge on any atom is -0.352 e. The Labute approximate surface area is 99.5 Å². The van der Waals surface area contributed by atoms with Crippen LogP contribution in [0.2, 0.25) is 0 Å². The maximum atomic E-state index is 12.9. The highest BCUT2D eigenvalue weighted by Gasteiger charge is 2.18. The smallest absolute Gasteiger partial charge is 0.157 e. The molecule has 1 fully saturated rings. The van der Waals surface area contributed by atoms with E-state index in [9.17, 15) is 8.78 Å². The molecule has 0 atom stereocenters. The number of ether oxygens (including phenoxy) is 2. The molecule has 0 bridgehead atoms. The molecule has 0 spiro atoms. The predicted molar refractivity (Wildman–Crippen MR) is 59.5 cm³/mol. The SMILES string of the molecule is CC1COC(CCc2cc(F)cc(F)c2)OC1. The van der Waals surface area contributed by atoms with Crippen molar-refractivity contribution in [1.29, 1.82) is 0 Å². The first-order valence-corrected chi connectivity index (χ1v) is 5.81. The zero-order valence-corrected chi connectivity index (χ0v) is 9.79. The number of hydrogen-bond acceptors (Lipinski definition) is 2.